The minimum absolute atomic E-state index is 0.136. The molecule has 0 bridgehead atoms. The predicted octanol–water partition coefficient (Wildman–Crippen LogP) is 2.34. The van der Waals surface area contributed by atoms with Crippen LogP contribution in [0.25, 0.3) is 11.3 Å². The van der Waals surface area contributed by atoms with E-state index in [0.29, 0.717) is 11.5 Å². The van der Waals surface area contributed by atoms with Crippen molar-refractivity contribution in [3.63, 3.8) is 0 Å². The normalized spacial score (nSPS) is 18.0. The molecule has 11 heteroatoms. The fourth-order valence-electron chi connectivity index (χ4n) is 4.08. The number of anilines is 2. The summed E-state index contributed by atoms with van der Waals surface area (Å²) in [5.41, 5.74) is 2.84. The van der Waals surface area contributed by atoms with Crippen molar-refractivity contribution in [2.75, 3.05) is 36.1 Å². The SMILES string of the molecule is CC1CN(c2cccc(-c3cccc(NC(=O)CNC(=O)c4ccn(S(C)(=O)=O)c4)n3)c2)CC(C)O1. The van der Waals surface area contributed by atoms with Crippen molar-refractivity contribution in [3.05, 3.63) is 66.5 Å². The van der Waals surface area contributed by atoms with Gasteiger partial charge in [-0.1, -0.05) is 18.2 Å². The molecule has 1 saturated heterocycles. The van der Waals surface area contributed by atoms with E-state index in [1.165, 1.54) is 18.5 Å². The third kappa shape index (κ3) is 6.29. The van der Waals surface area contributed by atoms with E-state index in [1.54, 1.807) is 12.1 Å². The Morgan fingerprint density at radius 2 is 1.81 bits per heavy atom. The fourth-order valence-corrected chi connectivity index (χ4v) is 4.67. The molecule has 36 heavy (non-hydrogen) atoms. The van der Waals surface area contributed by atoms with E-state index in [2.05, 4.69) is 46.5 Å². The molecule has 2 atom stereocenters. The van der Waals surface area contributed by atoms with Gasteiger partial charge < -0.3 is 20.3 Å². The largest absolute Gasteiger partial charge is 0.372 e. The molecule has 2 unspecified atom stereocenters. The number of nitrogens with one attached hydrogen (secondary N) is 2. The number of morpholine rings is 1. The molecule has 1 aromatic carbocycles. The van der Waals surface area contributed by atoms with Crippen molar-refractivity contribution >= 4 is 33.3 Å². The molecule has 0 spiro atoms. The molecule has 3 heterocycles. The smallest absolute Gasteiger partial charge is 0.253 e. The molecule has 1 fully saturated rings. The Kier molecular flexibility index (Phi) is 7.41. The van der Waals surface area contributed by atoms with Crippen LogP contribution in [0.15, 0.2) is 60.9 Å². The molecular weight excluding hydrogens is 482 g/mol. The molecule has 2 aromatic heterocycles. The summed E-state index contributed by atoms with van der Waals surface area (Å²) < 4.78 is 29.9. The molecular formula is C25H29N5O5S. The van der Waals surface area contributed by atoms with Gasteiger partial charge in [-0.25, -0.2) is 13.4 Å². The van der Waals surface area contributed by atoms with Gasteiger partial charge in [-0.3, -0.25) is 13.6 Å². The van der Waals surface area contributed by atoms with Crippen molar-refractivity contribution in [1.82, 2.24) is 14.3 Å². The lowest BCUT2D eigenvalue weighted by Crippen LogP contribution is -2.45. The number of aromatic nitrogens is 2. The number of carbonyl (C=O) groups is 2. The molecule has 4 rings (SSSR count). The second-order valence-electron chi connectivity index (χ2n) is 8.84. The summed E-state index contributed by atoms with van der Waals surface area (Å²) in [4.78, 5) is 31.5. The zero-order valence-electron chi connectivity index (χ0n) is 20.3. The van der Waals surface area contributed by atoms with Crippen LogP contribution in [0.3, 0.4) is 0 Å². The lowest BCUT2D eigenvalue weighted by Gasteiger charge is -2.37. The first-order chi connectivity index (χ1) is 17.1. The molecule has 0 aliphatic carbocycles. The molecule has 190 valence electrons. The van der Waals surface area contributed by atoms with Crippen molar-refractivity contribution in [3.8, 4) is 11.3 Å². The number of amides is 2. The summed E-state index contributed by atoms with van der Waals surface area (Å²) in [5, 5.41) is 5.16. The van der Waals surface area contributed by atoms with Crippen LogP contribution in [0.2, 0.25) is 0 Å². The van der Waals surface area contributed by atoms with E-state index >= 15 is 0 Å². The zero-order valence-corrected chi connectivity index (χ0v) is 21.2. The summed E-state index contributed by atoms with van der Waals surface area (Å²) in [6.07, 6.45) is 3.79. The Bertz CT molecular complexity index is 1360. The van der Waals surface area contributed by atoms with E-state index in [9.17, 15) is 18.0 Å². The lowest BCUT2D eigenvalue weighted by molar-refractivity contribution is -0.115. The van der Waals surface area contributed by atoms with Crippen LogP contribution in [-0.2, 0) is 19.6 Å². The van der Waals surface area contributed by atoms with Gasteiger partial charge in [0.25, 0.3) is 5.91 Å². The Labute approximate surface area is 210 Å². The number of carbonyl (C=O) groups excluding carboxylic acids is 2. The zero-order chi connectivity index (χ0) is 25.9. The summed E-state index contributed by atoms with van der Waals surface area (Å²) in [6.45, 7) is 5.45. The number of rotatable bonds is 7. The van der Waals surface area contributed by atoms with Crippen LogP contribution >= 0.6 is 0 Å². The minimum Gasteiger partial charge on any atom is -0.372 e. The predicted molar refractivity (Wildman–Crippen MR) is 138 cm³/mol. The maximum Gasteiger partial charge on any atom is 0.253 e. The van der Waals surface area contributed by atoms with Crippen molar-refractivity contribution in [1.29, 1.82) is 0 Å². The number of pyridine rings is 1. The third-order valence-electron chi connectivity index (χ3n) is 5.67. The first kappa shape index (κ1) is 25.4. The fraction of sp³-hybridized carbons (Fsp3) is 0.320. The Balaban J connectivity index is 1.38. The molecule has 0 radical (unpaired) electrons. The summed E-state index contributed by atoms with van der Waals surface area (Å²) in [6, 6.07) is 14.8. The molecule has 1 aliphatic rings. The van der Waals surface area contributed by atoms with Crippen molar-refractivity contribution in [2.45, 2.75) is 26.1 Å². The van der Waals surface area contributed by atoms with Gasteiger partial charge in [0.05, 0.1) is 36.3 Å². The number of benzene rings is 1. The Hall–Kier alpha value is -3.70. The van der Waals surface area contributed by atoms with Gasteiger partial charge in [-0.05, 0) is 44.2 Å². The highest BCUT2D eigenvalue weighted by Gasteiger charge is 2.22. The van der Waals surface area contributed by atoms with Crippen LogP contribution < -0.4 is 15.5 Å². The summed E-state index contributed by atoms with van der Waals surface area (Å²) in [7, 11) is -3.49. The van der Waals surface area contributed by atoms with Crippen LogP contribution in [0.4, 0.5) is 11.5 Å². The summed E-state index contributed by atoms with van der Waals surface area (Å²) in [5.74, 6) is -0.660. The van der Waals surface area contributed by atoms with E-state index in [1.807, 2.05) is 18.2 Å². The van der Waals surface area contributed by atoms with Gasteiger partial charge in [-0.15, -0.1) is 0 Å². The first-order valence-corrected chi connectivity index (χ1v) is 13.4. The average Bonchev–Trinajstić information content (AvgIpc) is 3.34. The maximum absolute atomic E-state index is 12.4. The van der Waals surface area contributed by atoms with Crippen LogP contribution in [0, 0.1) is 0 Å². The Morgan fingerprint density at radius 1 is 1.08 bits per heavy atom. The quantitative estimate of drug-likeness (QED) is 0.499. The van der Waals surface area contributed by atoms with Crippen LogP contribution in [0.5, 0.6) is 0 Å². The van der Waals surface area contributed by atoms with Crippen LogP contribution in [-0.4, -0.2) is 67.3 Å². The summed E-state index contributed by atoms with van der Waals surface area (Å²) >= 11 is 0. The molecule has 2 amide bonds. The second-order valence-corrected chi connectivity index (χ2v) is 10.7. The first-order valence-electron chi connectivity index (χ1n) is 11.5. The average molecular weight is 512 g/mol. The van der Waals surface area contributed by atoms with Gasteiger partial charge in [0.1, 0.15) is 5.82 Å². The standard InChI is InChI=1S/C25H29N5O5S/c1-17-14-29(15-18(2)35-17)21-7-4-6-19(12-21)22-8-5-9-23(27-22)28-24(31)13-26-25(32)20-10-11-30(16-20)36(3,33)34/h4-12,16-18H,13-15H2,1-3H3,(H,26,32)(H,27,28,31). The number of hydrogen-bond acceptors (Lipinski definition) is 7. The lowest BCUT2D eigenvalue weighted by atomic mass is 10.1. The number of hydrogen-bond donors (Lipinski definition) is 2. The molecule has 1 aliphatic heterocycles. The maximum atomic E-state index is 12.4. The highest BCUT2D eigenvalue weighted by Crippen LogP contribution is 2.26. The number of ether oxygens (including phenoxy) is 1. The van der Waals surface area contributed by atoms with E-state index in [4.69, 9.17) is 4.74 Å². The molecule has 10 nitrogen and oxygen atoms in total. The van der Waals surface area contributed by atoms with Gasteiger partial charge in [0, 0.05) is 36.7 Å². The van der Waals surface area contributed by atoms with E-state index in [0.717, 1.165) is 34.6 Å². The minimum atomic E-state index is -3.49. The molecule has 0 saturated carbocycles. The van der Waals surface area contributed by atoms with Crippen LogP contribution in [0.1, 0.15) is 24.2 Å². The van der Waals surface area contributed by atoms with Gasteiger partial charge in [-0.2, -0.15) is 0 Å². The molecule has 2 N–H and O–H groups in total. The van der Waals surface area contributed by atoms with E-state index in [-0.39, 0.29) is 24.3 Å². The highest BCUT2D eigenvalue weighted by molar-refractivity contribution is 7.89. The third-order valence-corrected chi connectivity index (χ3v) is 6.66. The second kappa shape index (κ2) is 10.5. The number of nitrogens with zero attached hydrogens (tertiary/aromatic N) is 3. The van der Waals surface area contributed by atoms with E-state index < -0.39 is 21.8 Å². The van der Waals surface area contributed by atoms with Gasteiger partial charge in [0.15, 0.2) is 0 Å². The monoisotopic (exact) mass is 511 g/mol. The van der Waals surface area contributed by atoms with Crippen molar-refractivity contribution < 1.29 is 22.7 Å². The van der Waals surface area contributed by atoms with Gasteiger partial charge >= 0.3 is 0 Å². The molecule has 3 aromatic rings. The van der Waals surface area contributed by atoms with Crippen molar-refractivity contribution in [2.24, 2.45) is 0 Å². The highest BCUT2D eigenvalue weighted by atomic mass is 32.2. The topological polar surface area (TPSA) is 123 Å². The van der Waals surface area contributed by atoms with Gasteiger partial charge in [0.2, 0.25) is 15.9 Å². The Morgan fingerprint density at radius 3 is 2.50 bits per heavy atom.